The fourth-order valence-corrected chi connectivity index (χ4v) is 5.01. The van der Waals surface area contributed by atoms with Crippen molar-refractivity contribution in [3.8, 4) is 22.2 Å². The van der Waals surface area contributed by atoms with Gasteiger partial charge in [0.15, 0.2) is 16.8 Å². The molecule has 3 fully saturated rings. The second kappa shape index (κ2) is 7.93. The summed E-state index contributed by atoms with van der Waals surface area (Å²) >= 11 is 1.41. The smallest absolute Gasteiger partial charge is 0.421 e. The fraction of sp³-hybridized carbons (Fsp3) is 0.318. The van der Waals surface area contributed by atoms with Crippen LogP contribution in [0.1, 0.15) is 17.5 Å². The summed E-state index contributed by atoms with van der Waals surface area (Å²) in [5.41, 5.74) is 0.300. The average Bonchev–Trinajstić information content (AvgIpc) is 3.49. The largest absolute Gasteiger partial charge is 0.436 e. The number of hydrogen-bond acceptors (Lipinski definition) is 9. The minimum Gasteiger partial charge on any atom is -0.436 e. The van der Waals surface area contributed by atoms with Gasteiger partial charge in [-0.1, -0.05) is 0 Å². The Kier molecular flexibility index (Phi) is 4.97. The number of aromatic nitrogens is 3. The summed E-state index contributed by atoms with van der Waals surface area (Å²) in [7, 11) is 0. The lowest BCUT2D eigenvalue weighted by molar-refractivity contribution is -0.139. The number of rotatable bonds is 5. The average molecular weight is 489 g/mol. The molecule has 0 saturated carbocycles. The highest BCUT2D eigenvalue weighted by Gasteiger charge is 2.39. The first-order chi connectivity index (χ1) is 16.4. The number of nitrogens with one attached hydrogen (secondary N) is 1. The van der Waals surface area contributed by atoms with Crippen LogP contribution in [0.25, 0.3) is 21.7 Å². The predicted molar refractivity (Wildman–Crippen MR) is 118 cm³/mol. The lowest BCUT2D eigenvalue weighted by Crippen LogP contribution is -2.67. The molecule has 2 unspecified atom stereocenters. The van der Waals surface area contributed by atoms with Crippen LogP contribution in [-0.2, 0) is 12.8 Å². The molecule has 2 atom stereocenters. The van der Waals surface area contributed by atoms with E-state index in [4.69, 9.17) is 9.15 Å². The molecule has 0 radical (unpaired) electrons. The van der Waals surface area contributed by atoms with Crippen molar-refractivity contribution in [3.05, 3.63) is 47.1 Å². The van der Waals surface area contributed by atoms with Crippen LogP contribution in [0.4, 0.5) is 19.2 Å². The molecule has 34 heavy (non-hydrogen) atoms. The molecule has 7 rings (SSSR count). The maximum absolute atomic E-state index is 13.7. The number of ether oxygens (including phenoxy) is 1. The van der Waals surface area contributed by atoms with Crippen LogP contribution in [0.3, 0.4) is 0 Å². The lowest BCUT2D eigenvalue weighted by atomic mass is 9.92. The van der Waals surface area contributed by atoms with Crippen LogP contribution in [0.15, 0.2) is 40.4 Å². The molecule has 4 aromatic rings. The molecule has 3 aromatic heterocycles. The first-order valence-corrected chi connectivity index (χ1v) is 11.5. The summed E-state index contributed by atoms with van der Waals surface area (Å²) in [4.78, 5) is 14.8. The third-order valence-corrected chi connectivity index (χ3v) is 6.76. The molecule has 12 heteroatoms. The predicted octanol–water partition coefficient (Wildman–Crippen LogP) is 4.20. The second-order valence-electron chi connectivity index (χ2n) is 8.28. The van der Waals surface area contributed by atoms with Crippen molar-refractivity contribution in [2.45, 2.75) is 31.3 Å². The van der Waals surface area contributed by atoms with Crippen LogP contribution < -0.4 is 15.0 Å². The number of aliphatic hydroxyl groups is 1. The Labute approximate surface area is 195 Å². The molecular formula is C22H18F3N5O3S. The van der Waals surface area contributed by atoms with Crippen LogP contribution in [-0.4, -0.2) is 45.2 Å². The number of alkyl halides is 3. The highest BCUT2D eigenvalue weighted by molar-refractivity contribution is 7.13. The Morgan fingerprint density at radius 3 is 2.71 bits per heavy atom. The zero-order valence-electron chi connectivity index (χ0n) is 17.5. The first kappa shape index (κ1) is 21.3. The molecular weight excluding hydrogens is 471 g/mol. The molecule has 3 aliphatic heterocycles. The van der Waals surface area contributed by atoms with Gasteiger partial charge in [0, 0.05) is 42.9 Å². The van der Waals surface area contributed by atoms with Crippen molar-refractivity contribution in [3.63, 3.8) is 0 Å². The summed E-state index contributed by atoms with van der Waals surface area (Å²) in [5.74, 6) is -0.540. The van der Waals surface area contributed by atoms with Gasteiger partial charge >= 0.3 is 6.18 Å². The number of aliphatic hydroxyl groups excluding tert-OH is 1. The number of benzene rings is 1. The van der Waals surface area contributed by atoms with Crippen LogP contribution in [0, 0.1) is 0 Å². The van der Waals surface area contributed by atoms with Crippen LogP contribution in [0.5, 0.6) is 11.6 Å². The van der Waals surface area contributed by atoms with E-state index in [1.54, 1.807) is 18.3 Å². The summed E-state index contributed by atoms with van der Waals surface area (Å²) in [6.45, 7) is 0.894. The van der Waals surface area contributed by atoms with Gasteiger partial charge in [0.1, 0.15) is 10.6 Å². The van der Waals surface area contributed by atoms with E-state index in [1.807, 2.05) is 10.3 Å². The molecule has 8 nitrogen and oxygen atoms in total. The third kappa shape index (κ3) is 3.67. The summed E-state index contributed by atoms with van der Waals surface area (Å²) in [5, 5.41) is 15.2. The number of piperazine rings is 1. The van der Waals surface area contributed by atoms with Crippen molar-refractivity contribution >= 4 is 28.5 Å². The van der Waals surface area contributed by atoms with Crippen LogP contribution in [0.2, 0.25) is 0 Å². The fourth-order valence-electron chi connectivity index (χ4n) is 4.35. The number of hydrogen-bond donors (Lipinski definition) is 2. The monoisotopic (exact) mass is 489 g/mol. The topological polar surface area (TPSA) is 96.5 Å². The van der Waals surface area contributed by atoms with Crippen molar-refractivity contribution in [2.75, 3.05) is 18.0 Å². The molecule has 3 saturated heterocycles. The maximum Gasteiger partial charge on any atom is 0.421 e. The van der Waals surface area contributed by atoms with Gasteiger partial charge in [-0.15, -0.1) is 11.3 Å². The van der Waals surface area contributed by atoms with E-state index in [0.29, 0.717) is 34.3 Å². The maximum atomic E-state index is 13.7. The molecule has 0 spiro atoms. The summed E-state index contributed by atoms with van der Waals surface area (Å²) in [6, 6.07) is 5.18. The van der Waals surface area contributed by atoms with Gasteiger partial charge in [-0.2, -0.15) is 18.2 Å². The van der Waals surface area contributed by atoms with Gasteiger partial charge in [0.05, 0.1) is 12.2 Å². The molecule has 0 amide bonds. The van der Waals surface area contributed by atoms with E-state index in [9.17, 15) is 18.3 Å². The van der Waals surface area contributed by atoms with E-state index in [0.717, 1.165) is 31.8 Å². The van der Waals surface area contributed by atoms with Gasteiger partial charge < -0.3 is 24.5 Å². The zero-order chi connectivity index (χ0) is 23.4. The number of oxazole rings is 1. The number of anilines is 1. The minimum absolute atomic E-state index is 0.0323. The lowest BCUT2D eigenvalue weighted by Gasteiger charge is -2.47. The van der Waals surface area contributed by atoms with Gasteiger partial charge in [0.2, 0.25) is 5.88 Å². The number of pyridine rings is 1. The Morgan fingerprint density at radius 1 is 1.24 bits per heavy atom. The Hall–Kier alpha value is -3.22. The van der Waals surface area contributed by atoms with Gasteiger partial charge in [-0.3, -0.25) is 0 Å². The molecule has 6 heterocycles. The minimum atomic E-state index is -4.72. The number of piperidine rings is 1. The van der Waals surface area contributed by atoms with E-state index < -0.39 is 24.2 Å². The SMILES string of the molecule is OCc1cnc(Oc2ccc(-c3nccs3)c3oc(N4CC5CC(C4)N5)nc23)c(C(F)(F)F)c1. The van der Waals surface area contributed by atoms with Crippen molar-refractivity contribution < 1.29 is 27.4 Å². The number of nitrogens with zero attached hydrogens (tertiary/aromatic N) is 4. The standard InChI is InChI=1S/C22H18F3N5O3S/c23-22(24,25)15-5-11(10-31)7-27-19(15)32-16-2-1-14(20-26-3-4-34-20)18-17(16)29-21(33-18)30-8-12-6-13(9-30)28-12/h1-5,7,12-13,28,31H,6,8-10H2. The van der Waals surface area contributed by atoms with E-state index >= 15 is 0 Å². The van der Waals surface area contributed by atoms with E-state index in [1.165, 1.54) is 11.3 Å². The zero-order valence-corrected chi connectivity index (χ0v) is 18.4. The second-order valence-corrected chi connectivity index (χ2v) is 9.17. The number of halogens is 3. The third-order valence-electron chi connectivity index (χ3n) is 5.95. The number of thiazole rings is 1. The van der Waals surface area contributed by atoms with Crippen molar-refractivity contribution in [2.24, 2.45) is 0 Å². The normalized spacial score (nSPS) is 19.9. The van der Waals surface area contributed by atoms with E-state index in [2.05, 4.69) is 20.3 Å². The van der Waals surface area contributed by atoms with Crippen molar-refractivity contribution in [1.29, 1.82) is 0 Å². The summed E-state index contributed by atoms with van der Waals surface area (Å²) in [6.07, 6.45) is -0.804. The molecule has 2 N–H and O–H groups in total. The first-order valence-electron chi connectivity index (χ1n) is 10.6. The van der Waals surface area contributed by atoms with Crippen LogP contribution >= 0.6 is 11.3 Å². The Bertz CT molecular complexity index is 1340. The highest BCUT2D eigenvalue weighted by Crippen LogP contribution is 2.42. The molecule has 3 aliphatic rings. The van der Waals surface area contributed by atoms with Crippen molar-refractivity contribution in [1.82, 2.24) is 20.3 Å². The Balaban J connectivity index is 1.45. The molecule has 2 bridgehead atoms. The summed E-state index contributed by atoms with van der Waals surface area (Å²) < 4.78 is 52.8. The Morgan fingerprint density at radius 2 is 2.03 bits per heavy atom. The van der Waals surface area contributed by atoms with E-state index in [-0.39, 0.29) is 16.8 Å². The van der Waals surface area contributed by atoms with Gasteiger partial charge in [-0.25, -0.2) is 9.97 Å². The quantitative estimate of drug-likeness (QED) is 0.431. The molecule has 1 aromatic carbocycles. The highest BCUT2D eigenvalue weighted by atomic mass is 32.1. The molecule has 176 valence electrons. The van der Waals surface area contributed by atoms with Gasteiger partial charge in [0.25, 0.3) is 6.01 Å². The number of fused-ring (bicyclic) bond motifs is 3. The molecule has 0 aliphatic carbocycles. The van der Waals surface area contributed by atoms with Gasteiger partial charge in [-0.05, 0) is 30.2 Å².